The van der Waals surface area contributed by atoms with Crippen molar-refractivity contribution < 1.29 is 4.79 Å². The van der Waals surface area contributed by atoms with Crippen LogP contribution in [0, 0.1) is 0 Å². The van der Waals surface area contributed by atoms with Crippen LogP contribution in [-0.2, 0) is 0 Å². The van der Waals surface area contributed by atoms with Gasteiger partial charge < -0.3 is 9.47 Å². The largest absolute Gasteiger partial charge is 0.336 e. The molecule has 0 aliphatic carbocycles. The maximum absolute atomic E-state index is 13.4. The van der Waals surface area contributed by atoms with E-state index in [2.05, 4.69) is 12.0 Å². The van der Waals surface area contributed by atoms with Crippen molar-refractivity contribution in [1.29, 1.82) is 0 Å². The predicted molar refractivity (Wildman–Crippen MR) is 102 cm³/mol. The second-order valence-electron chi connectivity index (χ2n) is 6.78. The van der Waals surface area contributed by atoms with E-state index in [-0.39, 0.29) is 5.91 Å². The van der Waals surface area contributed by atoms with Gasteiger partial charge in [-0.15, -0.1) is 0 Å². The van der Waals surface area contributed by atoms with E-state index in [0.29, 0.717) is 11.6 Å². The smallest absolute Gasteiger partial charge is 0.259 e. The number of aromatic nitrogens is 3. The van der Waals surface area contributed by atoms with E-state index in [0.717, 1.165) is 37.3 Å². The molecule has 1 fully saturated rings. The predicted octanol–water partition coefficient (Wildman–Crippen LogP) is 4.07. The van der Waals surface area contributed by atoms with Crippen LogP contribution in [0.1, 0.15) is 43.0 Å². The van der Waals surface area contributed by atoms with Crippen molar-refractivity contribution in [3.8, 4) is 11.5 Å². The summed E-state index contributed by atoms with van der Waals surface area (Å²) in [5.74, 6) is 0.883. The van der Waals surface area contributed by atoms with Crippen molar-refractivity contribution >= 4 is 5.91 Å². The lowest BCUT2D eigenvalue weighted by molar-refractivity contribution is 0.0608. The topological polar surface area (TPSA) is 43.1 Å². The van der Waals surface area contributed by atoms with Crippen LogP contribution < -0.4 is 0 Å². The molecule has 0 radical (unpaired) electrons. The molecule has 1 aromatic carbocycles. The van der Waals surface area contributed by atoms with Crippen LogP contribution in [0.15, 0.2) is 61.1 Å². The van der Waals surface area contributed by atoms with Crippen LogP contribution in [0.5, 0.6) is 0 Å². The van der Waals surface area contributed by atoms with Gasteiger partial charge in [0.15, 0.2) is 5.82 Å². The molecule has 1 amide bonds. The lowest BCUT2D eigenvalue weighted by Gasteiger charge is -2.35. The van der Waals surface area contributed by atoms with Crippen LogP contribution in [0.2, 0.25) is 0 Å². The van der Waals surface area contributed by atoms with E-state index in [1.54, 1.807) is 6.20 Å². The number of likely N-dealkylation sites (tertiary alicyclic amines) is 1. The minimum Gasteiger partial charge on any atom is -0.336 e. The molecule has 0 saturated carbocycles. The molecule has 5 nitrogen and oxygen atoms in total. The standard InChI is InChI=1S/C21H24N4O/c1-2-17-10-6-7-15-24(17)21(26)19-16-22-25(18-11-4-3-5-12-18)20(19)23-13-8-9-14-23/h3-5,8-9,11-14,16-17H,2,6-7,10,15H2,1H3. The van der Waals surface area contributed by atoms with Gasteiger partial charge in [-0.25, -0.2) is 4.68 Å². The Labute approximate surface area is 153 Å². The second-order valence-corrected chi connectivity index (χ2v) is 6.78. The third-order valence-corrected chi connectivity index (χ3v) is 5.18. The van der Waals surface area contributed by atoms with Crippen molar-refractivity contribution in [1.82, 2.24) is 19.2 Å². The fraction of sp³-hybridized carbons (Fsp3) is 0.333. The first kappa shape index (κ1) is 16.6. The Morgan fingerprint density at radius 2 is 1.88 bits per heavy atom. The van der Waals surface area contributed by atoms with E-state index in [1.165, 1.54) is 6.42 Å². The number of rotatable bonds is 4. The summed E-state index contributed by atoms with van der Waals surface area (Å²) in [6, 6.07) is 14.2. The van der Waals surface area contributed by atoms with Crippen molar-refractivity contribution in [2.24, 2.45) is 0 Å². The minimum atomic E-state index is 0.0856. The van der Waals surface area contributed by atoms with Gasteiger partial charge in [0.1, 0.15) is 5.56 Å². The Kier molecular flexibility index (Phi) is 4.61. The van der Waals surface area contributed by atoms with E-state index in [1.807, 2.05) is 69.0 Å². The molecule has 1 saturated heterocycles. The summed E-state index contributed by atoms with van der Waals surface area (Å²) in [6.45, 7) is 3.00. The summed E-state index contributed by atoms with van der Waals surface area (Å²) in [7, 11) is 0. The molecule has 1 aliphatic rings. The van der Waals surface area contributed by atoms with Crippen LogP contribution in [-0.4, -0.2) is 37.7 Å². The quantitative estimate of drug-likeness (QED) is 0.713. The van der Waals surface area contributed by atoms with Gasteiger partial charge in [0, 0.05) is 25.0 Å². The first-order chi connectivity index (χ1) is 12.8. The second kappa shape index (κ2) is 7.20. The van der Waals surface area contributed by atoms with E-state index < -0.39 is 0 Å². The third kappa shape index (κ3) is 2.94. The summed E-state index contributed by atoms with van der Waals surface area (Å²) in [5, 5.41) is 4.56. The van der Waals surface area contributed by atoms with Gasteiger partial charge in [0.05, 0.1) is 11.9 Å². The Bertz CT molecular complexity index is 867. The number of hydrogen-bond acceptors (Lipinski definition) is 2. The molecule has 2 aromatic heterocycles. The average Bonchev–Trinajstić information content (AvgIpc) is 3.37. The minimum absolute atomic E-state index is 0.0856. The molecule has 0 spiro atoms. The molecule has 0 N–H and O–H groups in total. The first-order valence-corrected chi connectivity index (χ1v) is 9.37. The molecule has 134 valence electrons. The monoisotopic (exact) mass is 348 g/mol. The molecule has 1 atom stereocenters. The van der Waals surface area contributed by atoms with Gasteiger partial charge in [-0.05, 0) is 49.9 Å². The lowest BCUT2D eigenvalue weighted by Crippen LogP contribution is -2.43. The number of carbonyl (C=O) groups is 1. The first-order valence-electron chi connectivity index (χ1n) is 9.37. The van der Waals surface area contributed by atoms with Gasteiger partial charge in [0.25, 0.3) is 5.91 Å². The van der Waals surface area contributed by atoms with Gasteiger partial charge >= 0.3 is 0 Å². The van der Waals surface area contributed by atoms with Crippen LogP contribution in [0.3, 0.4) is 0 Å². The maximum Gasteiger partial charge on any atom is 0.259 e. The molecule has 3 heterocycles. The zero-order chi connectivity index (χ0) is 17.9. The summed E-state index contributed by atoms with van der Waals surface area (Å²) < 4.78 is 3.82. The Hall–Kier alpha value is -2.82. The Balaban J connectivity index is 1.79. The van der Waals surface area contributed by atoms with Crippen molar-refractivity contribution in [2.75, 3.05) is 6.54 Å². The number of hydrogen-bond donors (Lipinski definition) is 0. The molecule has 1 aliphatic heterocycles. The Morgan fingerprint density at radius 3 is 2.62 bits per heavy atom. The van der Waals surface area contributed by atoms with Crippen molar-refractivity contribution in [3.63, 3.8) is 0 Å². The summed E-state index contributed by atoms with van der Waals surface area (Å²) in [5.41, 5.74) is 1.60. The third-order valence-electron chi connectivity index (χ3n) is 5.18. The average molecular weight is 348 g/mol. The SMILES string of the molecule is CCC1CCCCN1C(=O)c1cnn(-c2ccccc2)c1-n1cccc1. The maximum atomic E-state index is 13.4. The summed E-state index contributed by atoms with van der Waals surface area (Å²) in [6.07, 6.45) is 10.0. The fourth-order valence-corrected chi connectivity index (χ4v) is 3.82. The van der Waals surface area contributed by atoms with Gasteiger partial charge in [-0.3, -0.25) is 4.79 Å². The Morgan fingerprint density at radius 1 is 1.12 bits per heavy atom. The normalized spacial score (nSPS) is 17.4. The molecule has 26 heavy (non-hydrogen) atoms. The molecule has 0 bridgehead atoms. The highest BCUT2D eigenvalue weighted by molar-refractivity contribution is 5.97. The number of carbonyl (C=O) groups excluding carboxylic acids is 1. The number of para-hydroxylation sites is 1. The number of benzene rings is 1. The highest BCUT2D eigenvalue weighted by Gasteiger charge is 2.30. The molecule has 1 unspecified atom stereocenters. The van der Waals surface area contributed by atoms with Crippen molar-refractivity contribution in [3.05, 3.63) is 66.6 Å². The van der Waals surface area contributed by atoms with E-state index in [9.17, 15) is 4.79 Å². The molecule has 3 aromatic rings. The highest BCUT2D eigenvalue weighted by Crippen LogP contribution is 2.26. The zero-order valence-electron chi connectivity index (χ0n) is 15.1. The van der Waals surface area contributed by atoms with Crippen molar-refractivity contribution in [2.45, 2.75) is 38.6 Å². The fourth-order valence-electron chi connectivity index (χ4n) is 3.82. The van der Waals surface area contributed by atoms with Gasteiger partial charge in [0.2, 0.25) is 0 Å². The molecule has 5 heteroatoms. The van der Waals surface area contributed by atoms with Crippen LogP contribution >= 0.6 is 0 Å². The molecular formula is C21H24N4O. The van der Waals surface area contributed by atoms with Gasteiger partial charge in [-0.2, -0.15) is 5.10 Å². The summed E-state index contributed by atoms with van der Waals surface area (Å²) in [4.78, 5) is 15.4. The molecular weight excluding hydrogens is 324 g/mol. The lowest BCUT2D eigenvalue weighted by atomic mass is 9.99. The van der Waals surface area contributed by atoms with Crippen LogP contribution in [0.25, 0.3) is 11.5 Å². The number of amides is 1. The molecule has 4 rings (SSSR count). The highest BCUT2D eigenvalue weighted by atomic mass is 16.2. The zero-order valence-corrected chi connectivity index (χ0v) is 15.1. The van der Waals surface area contributed by atoms with Gasteiger partial charge in [-0.1, -0.05) is 25.1 Å². The van der Waals surface area contributed by atoms with E-state index in [4.69, 9.17) is 0 Å². The number of piperidine rings is 1. The van der Waals surface area contributed by atoms with E-state index >= 15 is 0 Å². The summed E-state index contributed by atoms with van der Waals surface area (Å²) >= 11 is 0. The van der Waals surface area contributed by atoms with Crippen LogP contribution in [0.4, 0.5) is 0 Å². The number of nitrogens with zero attached hydrogens (tertiary/aromatic N) is 4.